The maximum Gasteiger partial charge on any atom is 0.281 e. The summed E-state index contributed by atoms with van der Waals surface area (Å²) in [7, 11) is 1.56. The Kier molecular flexibility index (Phi) is 6.70. The minimum absolute atomic E-state index is 0.0404. The van der Waals surface area contributed by atoms with E-state index >= 15 is 0 Å². The number of fused-ring (bicyclic) bond motifs is 1. The van der Waals surface area contributed by atoms with Gasteiger partial charge in [-0.1, -0.05) is 29.8 Å². The van der Waals surface area contributed by atoms with Crippen LogP contribution in [0.1, 0.15) is 20.0 Å². The van der Waals surface area contributed by atoms with Gasteiger partial charge >= 0.3 is 0 Å². The lowest BCUT2D eigenvalue weighted by atomic mass is 10.2. The molecule has 1 aromatic heterocycles. The molecule has 6 nitrogen and oxygen atoms in total. The molecule has 0 aliphatic rings. The van der Waals surface area contributed by atoms with Crippen molar-refractivity contribution in [2.75, 3.05) is 7.11 Å². The summed E-state index contributed by atoms with van der Waals surface area (Å²) in [5, 5.41) is 3.65. The molecule has 28 heavy (non-hydrogen) atoms. The number of hydrazine groups is 1. The van der Waals surface area contributed by atoms with Crippen molar-refractivity contribution in [1.29, 1.82) is 0 Å². The Bertz CT molecular complexity index is 1090. The summed E-state index contributed by atoms with van der Waals surface area (Å²) < 4.78 is 6.86. The van der Waals surface area contributed by atoms with E-state index in [1.807, 2.05) is 24.3 Å². The minimum Gasteiger partial charge on any atom is -0.496 e. The van der Waals surface area contributed by atoms with Crippen molar-refractivity contribution in [3.63, 3.8) is 0 Å². The van der Waals surface area contributed by atoms with Gasteiger partial charge in [0.05, 0.1) is 15.7 Å². The van der Waals surface area contributed by atoms with Crippen LogP contribution in [0.4, 0.5) is 0 Å². The van der Waals surface area contributed by atoms with Gasteiger partial charge in [0.2, 0.25) is 0 Å². The number of hydrogen-bond acceptors (Lipinski definition) is 5. The summed E-state index contributed by atoms with van der Waals surface area (Å²) >= 11 is 14.7. The first-order valence-electron chi connectivity index (χ1n) is 7.83. The molecule has 3 N–H and O–H groups in total. The number of nitrogens with one attached hydrogen (secondary N) is 3. The van der Waals surface area contributed by atoms with Crippen molar-refractivity contribution in [2.45, 2.75) is 0 Å². The van der Waals surface area contributed by atoms with E-state index < -0.39 is 11.8 Å². The van der Waals surface area contributed by atoms with Gasteiger partial charge in [-0.25, -0.2) is 0 Å². The summed E-state index contributed by atoms with van der Waals surface area (Å²) in [6.45, 7) is 0. The molecule has 3 aromatic rings. The minimum atomic E-state index is -0.443. The first kappa shape index (κ1) is 20.8. The smallest absolute Gasteiger partial charge is 0.281 e. The normalized spacial score (nSPS) is 10.4. The highest BCUT2D eigenvalue weighted by atomic mass is 127. The van der Waals surface area contributed by atoms with E-state index in [4.69, 9.17) is 28.6 Å². The van der Waals surface area contributed by atoms with Crippen LogP contribution in [0.5, 0.6) is 5.75 Å². The largest absolute Gasteiger partial charge is 0.496 e. The van der Waals surface area contributed by atoms with E-state index in [1.54, 1.807) is 25.3 Å². The molecular formula is C18H13ClIN3O3S2. The van der Waals surface area contributed by atoms with Crippen molar-refractivity contribution >= 4 is 84.8 Å². The van der Waals surface area contributed by atoms with E-state index in [0.717, 1.165) is 13.7 Å². The molecule has 3 rings (SSSR count). The third-order valence-electron chi connectivity index (χ3n) is 3.67. The maximum absolute atomic E-state index is 12.4. The van der Waals surface area contributed by atoms with Crippen molar-refractivity contribution in [1.82, 2.24) is 16.2 Å². The zero-order valence-electron chi connectivity index (χ0n) is 14.3. The highest BCUT2D eigenvalue weighted by Gasteiger charge is 2.17. The second-order valence-electron chi connectivity index (χ2n) is 5.45. The number of hydrogen-bond donors (Lipinski definition) is 3. The molecule has 0 radical (unpaired) electrons. The first-order chi connectivity index (χ1) is 13.4. The lowest BCUT2D eigenvalue weighted by molar-refractivity contribution is 0.0938. The van der Waals surface area contributed by atoms with E-state index in [2.05, 4.69) is 38.8 Å². The lowest BCUT2D eigenvalue weighted by Crippen LogP contribution is -2.48. The summed E-state index contributed by atoms with van der Waals surface area (Å²) in [5.41, 5.74) is 5.37. The Labute approximate surface area is 188 Å². The highest BCUT2D eigenvalue weighted by Crippen LogP contribution is 2.34. The van der Waals surface area contributed by atoms with Gasteiger partial charge in [-0.05, 0) is 59.1 Å². The Morgan fingerprint density at radius 1 is 1.14 bits per heavy atom. The Hall–Kier alpha value is -1.95. The second-order valence-corrected chi connectivity index (χ2v) is 8.45. The number of thiophene rings is 1. The molecule has 2 aromatic carbocycles. The van der Waals surface area contributed by atoms with Gasteiger partial charge in [0.25, 0.3) is 11.8 Å². The van der Waals surface area contributed by atoms with Crippen LogP contribution >= 0.6 is 57.7 Å². The molecule has 1 heterocycles. The molecule has 0 saturated heterocycles. The third kappa shape index (κ3) is 4.54. The summed E-state index contributed by atoms with van der Waals surface area (Å²) in [6, 6.07) is 12.4. The molecular weight excluding hydrogens is 533 g/mol. The molecule has 0 spiro atoms. The van der Waals surface area contributed by atoms with Gasteiger partial charge in [0, 0.05) is 15.6 Å². The molecule has 144 valence electrons. The van der Waals surface area contributed by atoms with Crippen molar-refractivity contribution < 1.29 is 14.3 Å². The van der Waals surface area contributed by atoms with Crippen LogP contribution in [0.3, 0.4) is 0 Å². The van der Waals surface area contributed by atoms with E-state index in [1.165, 1.54) is 11.3 Å². The predicted molar refractivity (Wildman–Crippen MR) is 123 cm³/mol. The van der Waals surface area contributed by atoms with Gasteiger partial charge in [-0.15, -0.1) is 11.3 Å². The SMILES string of the molecule is COc1ccc(C(=O)NC(=S)NNC(=O)c2sc3ccccc3c2Cl)cc1I. The fourth-order valence-corrected chi connectivity index (χ4v) is 4.64. The van der Waals surface area contributed by atoms with Gasteiger partial charge in [-0.3, -0.25) is 25.8 Å². The molecule has 0 aliphatic carbocycles. The Balaban J connectivity index is 1.60. The number of amides is 2. The molecule has 0 unspecified atom stereocenters. The van der Waals surface area contributed by atoms with E-state index in [9.17, 15) is 9.59 Å². The summed E-state index contributed by atoms with van der Waals surface area (Å²) in [4.78, 5) is 25.0. The monoisotopic (exact) mass is 545 g/mol. The summed E-state index contributed by atoms with van der Waals surface area (Å²) in [5.74, 6) is -0.181. The maximum atomic E-state index is 12.4. The first-order valence-corrected chi connectivity index (χ1v) is 10.5. The number of ether oxygens (including phenoxy) is 1. The van der Waals surface area contributed by atoms with E-state index in [0.29, 0.717) is 21.2 Å². The Morgan fingerprint density at radius 2 is 1.89 bits per heavy atom. The van der Waals surface area contributed by atoms with Gasteiger partial charge < -0.3 is 4.74 Å². The van der Waals surface area contributed by atoms with Crippen LogP contribution in [-0.4, -0.2) is 24.0 Å². The number of methoxy groups -OCH3 is 1. The number of benzene rings is 2. The van der Waals surface area contributed by atoms with Crippen molar-refractivity contribution in [2.24, 2.45) is 0 Å². The molecule has 0 saturated carbocycles. The highest BCUT2D eigenvalue weighted by molar-refractivity contribution is 14.1. The molecule has 0 bridgehead atoms. The number of halogens is 2. The van der Waals surface area contributed by atoms with Gasteiger partial charge in [-0.2, -0.15) is 0 Å². The topological polar surface area (TPSA) is 79.5 Å². The second kappa shape index (κ2) is 9.03. The van der Waals surface area contributed by atoms with Crippen LogP contribution in [0.2, 0.25) is 5.02 Å². The fraction of sp³-hybridized carbons (Fsp3) is 0.0556. The zero-order valence-corrected chi connectivity index (χ0v) is 18.9. The summed E-state index contributed by atoms with van der Waals surface area (Å²) in [6.07, 6.45) is 0. The van der Waals surface area contributed by atoms with E-state index in [-0.39, 0.29) is 5.11 Å². The van der Waals surface area contributed by atoms with Crippen LogP contribution in [-0.2, 0) is 0 Å². The number of thiocarbonyl (C=S) groups is 1. The fourth-order valence-electron chi connectivity index (χ4n) is 2.34. The zero-order chi connectivity index (χ0) is 20.3. The number of rotatable bonds is 3. The molecule has 10 heteroatoms. The molecule has 2 amide bonds. The average Bonchev–Trinajstić information content (AvgIpc) is 3.03. The quantitative estimate of drug-likeness (QED) is 0.262. The van der Waals surface area contributed by atoms with Crippen molar-refractivity contribution in [3.05, 3.63) is 61.5 Å². The van der Waals surface area contributed by atoms with Gasteiger partial charge in [0.15, 0.2) is 5.11 Å². The Morgan fingerprint density at radius 3 is 2.57 bits per heavy atom. The molecule has 0 aliphatic heterocycles. The lowest BCUT2D eigenvalue weighted by Gasteiger charge is -2.11. The number of carbonyl (C=O) groups is 2. The van der Waals surface area contributed by atoms with Crippen LogP contribution in [0.15, 0.2) is 42.5 Å². The number of carbonyl (C=O) groups excluding carboxylic acids is 2. The van der Waals surface area contributed by atoms with Gasteiger partial charge in [0.1, 0.15) is 10.6 Å². The van der Waals surface area contributed by atoms with Crippen LogP contribution in [0, 0.1) is 3.57 Å². The van der Waals surface area contributed by atoms with Crippen molar-refractivity contribution in [3.8, 4) is 5.75 Å². The molecule has 0 atom stereocenters. The molecule has 0 fully saturated rings. The third-order valence-corrected chi connectivity index (χ3v) is 6.39. The predicted octanol–water partition coefficient (Wildman–Crippen LogP) is 4.12. The van der Waals surface area contributed by atoms with Crippen LogP contribution < -0.4 is 20.9 Å². The average molecular weight is 546 g/mol. The standard InChI is InChI=1S/C18H13ClIN3O3S2/c1-26-12-7-6-9(8-11(12)20)16(24)21-18(27)23-22-17(25)15-14(19)10-4-2-3-5-13(10)28-15/h2-8H,1H3,(H,22,25)(H2,21,23,24,27). The van der Waals surface area contributed by atoms with Crippen LogP contribution in [0.25, 0.3) is 10.1 Å².